The van der Waals surface area contributed by atoms with Gasteiger partial charge in [-0.1, -0.05) is 122 Å². The normalized spacial score (nSPS) is 14.1. The van der Waals surface area contributed by atoms with Crippen LogP contribution >= 0.6 is 0 Å². The maximum atomic E-state index is 2.55. The molecular formula is C54H60N2. The third-order valence-corrected chi connectivity index (χ3v) is 13.0. The summed E-state index contributed by atoms with van der Waals surface area (Å²) in [7, 11) is 0. The van der Waals surface area contributed by atoms with Crippen molar-refractivity contribution in [3.8, 4) is 0 Å². The summed E-state index contributed by atoms with van der Waals surface area (Å²) in [5.41, 5.74) is 21.3. The first-order valence-corrected chi connectivity index (χ1v) is 20.7. The molecule has 0 N–H and O–H groups in total. The molecule has 8 rings (SSSR count). The van der Waals surface area contributed by atoms with Gasteiger partial charge in [0, 0.05) is 45.4 Å². The summed E-state index contributed by atoms with van der Waals surface area (Å²) in [6, 6.07) is 42.5. The van der Waals surface area contributed by atoms with Gasteiger partial charge in [0.25, 0.3) is 0 Å². The Morgan fingerprint density at radius 3 is 1.43 bits per heavy atom. The molecule has 0 radical (unpaired) electrons. The number of nitrogens with zero attached hydrogens (tertiary/aromatic N) is 2. The zero-order valence-electron chi connectivity index (χ0n) is 36.1. The Hall–Kier alpha value is -5.08. The first kappa shape index (κ1) is 37.8. The summed E-state index contributed by atoms with van der Waals surface area (Å²) in [5, 5.41) is 2.61. The van der Waals surface area contributed by atoms with Crippen LogP contribution in [0.15, 0.2) is 109 Å². The second kappa shape index (κ2) is 13.3. The van der Waals surface area contributed by atoms with Gasteiger partial charge in [-0.2, -0.15) is 0 Å². The van der Waals surface area contributed by atoms with E-state index in [0.717, 1.165) is 6.54 Å². The smallest absolute Gasteiger partial charge is 0.0502 e. The number of hydrogen-bond donors (Lipinski definition) is 0. The predicted molar refractivity (Wildman–Crippen MR) is 242 cm³/mol. The molecule has 0 saturated heterocycles. The van der Waals surface area contributed by atoms with E-state index in [1.807, 2.05) is 0 Å². The molecule has 0 saturated carbocycles. The lowest BCUT2D eigenvalue weighted by Crippen LogP contribution is -2.32. The molecule has 1 aromatic heterocycles. The summed E-state index contributed by atoms with van der Waals surface area (Å²) in [6.45, 7) is 31.1. The molecule has 0 spiro atoms. The molecule has 2 heterocycles. The van der Waals surface area contributed by atoms with E-state index in [1.165, 1.54) is 100 Å². The lowest BCUT2D eigenvalue weighted by atomic mass is 9.70. The van der Waals surface area contributed by atoms with Crippen LogP contribution in [0.1, 0.15) is 129 Å². The van der Waals surface area contributed by atoms with E-state index in [4.69, 9.17) is 0 Å². The molecule has 2 nitrogen and oxygen atoms in total. The monoisotopic (exact) mass is 736 g/mol. The summed E-state index contributed by atoms with van der Waals surface area (Å²) in [6.07, 6.45) is 0. The van der Waals surface area contributed by atoms with Crippen LogP contribution < -0.4 is 4.90 Å². The van der Waals surface area contributed by atoms with Crippen molar-refractivity contribution in [2.75, 3.05) is 4.90 Å². The second-order valence-electron chi connectivity index (χ2n) is 19.2. The number of benzene rings is 6. The third-order valence-electron chi connectivity index (χ3n) is 13.0. The van der Waals surface area contributed by atoms with Gasteiger partial charge in [-0.05, 0) is 149 Å². The van der Waals surface area contributed by atoms with Gasteiger partial charge in [0.05, 0.1) is 11.4 Å². The van der Waals surface area contributed by atoms with E-state index >= 15 is 0 Å². The van der Waals surface area contributed by atoms with Crippen LogP contribution in [0.4, 0.5) is 17.1 Å². The molecule has 7 aromatic rings. The second-order valence-corrected chi connectivity index (χ2v) is 19.2. The van der Waals surface area contributed by atoms with E-state index in [0.29, 0.717) is 0 Å². The molecule has 0 unspecified atom stereocenters. The van der Waals surface area contributed by atoms with Crippen LogP contribution in [0.5, 0.6) is 0 Å². The molecular weight excluding hydrogens is 677 g/mol. The van der Waals surface area contributed by atoms with Crippen molar-refractivity contribution in [3.63, 3.8) is 0 Å². The molecule has 0 fully saturated rings. The minimum absolute atomic E-state index is 0.0492. The van der Waals surface area contributed by atoms with Gasteiger partial charge < -0.3 is 9.47 Å². The van der Waals surface area contributed by atoms with Gasteiger partial charge in [-0.3, -0.25) is 0 Å². The molecule has 0 atom stereocenters. The highest BCUT2D eigenvalue weighted by Crippen LogP contribution is 2.54. The zero-order valence-corrected chi connectivity index (χ0v) is 36.1. The Balaban J connectivity index is 1.40. The number of aryl methyl sites for hydroxylation is 5. The standard InChI is InChI=1S/C54H60N2/c1-14-55-45-25-21-37(51(49-33(2)17-15-18-34(49)3)50-35(4)19-16-20-36(50)5)29-41(45)42-32-40(24-28-46(42)55)56-47-26-22-38(52(6,7)8)30-43(47)54(12,13)44-31-39(53(9,10)11)23-27-48(44)56/h15-32,51H,14H2,1-13H3. The summed E-state index contributed by atoms with van der Waals surface area (Å²) >= 11 is 0. The Bertz CT molecular complexity index is 2510. The predicted octanol–water partition coefficient (Wildman–Crippen LogP) is 14.9. The van der Waals surface area contributed by atoms with Crippen molar-refractivity contribution in [3.05, 3.63) is 170 Å². The quantitative estimate of drug-likeness (QED) is 0.160. The van der Waals surface area contributed by atoms with E-state index < -0.39 is 0 Å². The third kappa shape index (κ3) is 5.99. The van der Waals surface area contributed by atoms with Crippen molar-refractivity contribution >= 4 is 38.9 Å². The fourth-order valence-corrected chi connectivity index (χ4v) is 9.76. The van der Waals surface area contributed by atoms with E-state index in [2.05, 4.69) is 209 Å². The molecule has 0 amide bonds. The Labute approximate surface area is 336 Å². The maximum absolute atomic E-state index is 2.55. The molecule has 0 bridgehead atoms. The minimum atomic E-state index is -0.169. The summed E-state index contributed by atoms with van der Waals surface area (Å²) < 4.78 is 2.50. The van der Waals surface area contributed by atoms with Crippen LogP contribution in [0.2, 0.25) is 0 Å². The fraction of sp³-hybridized carbons (Fsp3) is 0.333. The van der Waals surface area contributed by atoms with Gasteiger partial charge in [-0.15, -0.1) is 0 Å². The zero-order chi connectivity index (χ0) is 40.1. The molecule has 286 valence electrons. The average Bonchev–Trinajstić information content (AvgIpc) is 3.45. The average molecular weight is 737 g/mol. The Morgan fingerprint density at radius 2 is 0.982 bits per heavy atom. The van der Waals surface area contributed by atoms with E-state index in [9.17, 15) is 0 Å². The van der Waals surface area contributed by atoms with Gasteiger partial charge in [0.1, 0.15) is 0 Å². The summed E-state index contributed by atoms with van der Waals surface area (Å²) in [4.78, 5) is 2.55. The van der Waals surface area contributed by atoms with E-state index in [-0.39, 0.29) is 22.2 Å². The molecule has 0 aliphatic carbocycles. The van der Waals surface area contributed by atoms with Gasteiger partial charge >= 0.3 is 0 Å². The first-order valence-electron chi connectivity index (χ1n) is 20.7. The number of hydrogen-bond acceptors (Lipinski definition) is 1. The van der Waals surface area contributed by atoms with E-state index in [1.54, 1.807) is 0 Å². The lowest BCUT2D eigenvalue weighted by Gasteiger charge is -2.43. The minimum Gasteiger partial charge on any atom is -0.341 e. The van der Waals surface area contributed by atoms with Crippen LogP contribution in [0.25, 0.3) is 21.8 Å². The van der Waals surface area contributed by atoms with Gasteiger partial charge in [0.15, 0.2) is 0 Å². The van der Waals surface area contributed by atoms with Crippen molar-refractivity contribution in [1.82, 2.24) is 4.57 Å². The molecule has 2 heteroatoms. The number of anilines is 3. The highest BCUT2D eigenvalue weighted by Gasteiger charge is 2.39. The first-order chi connectivity index (χ1) is 26.4. The molecule has 6 aromatic carbocycles. The van der Waals surface area contributed by atoms with Crippen molar-refractivity contribution in [2.45, 2.75) is 119 Å². The highest BCUT2D eigenvalue weighted by molar-refractivity contribution is 6.10. The fourth-order valence-electron chi connectivity index (χ4n) is 9.76. The lowest BCUT2D eigenvalue weighted by molar-refractivity contribution is 0.573. The number of fused-ring (bicyclic) bond motifs is 5. The van der Waals surface area contributed by atoms with Crippen molar-refractivity contribution in [2.24, 2.45) is 0 Å². The molecule has 1 aliphatic heterocycles. The van der Waals surface area contributed by atoms with Crippen LogP contribution in [-0.4, -0.2) is 4.57 Å². The largest absolute Gasteiger partial charge is 0.341 e. The number of rotatable bonds is 5. The highest BCUT2D eigenvalue weighted by atomic mass is 15.2. The molecule has 1 aliphatic rings. The topological polar surface area (TPSA) is 8.17 Å². The van der Waals surface area contributed by atoms with Gasteiger partial charge in [-0.25, -0.2) is 0 Å². The van der Waals surface area contributed by atoms with Crippen LogP contribution in [0.3, 0.4) is 0 Å². The number of aromatic nitrogens is 1. The van der Waals surface area contributed by atoms with Crippen LogP contribution in [0, 0.1) is 27.7 Å². The van der Waals surface area contributed by atoms with Crippen molar-refractivity contribution < 1.29 is 0 Å². The Kier molecular flexibility index (Phi) is 8.96. The SMILES string of the molecule is CCn1c2ccc(C(c3c(C)cccc3C)c3c(C)cccc3C)cc2c2cc(N3c4ccc(C(C)(C)C)cc4C(C)(C)c4cc(C(C)(C)C)ccc43)ccc21. The maximum Gasteiger partial charge on any atom is 0.0502 e. The summed E-state index contributed by atoms with van der Waals surface area (Å²) in [5.74, 6) is 0.127. The molecule has 56 heavy (non-hydrogen) atoms. The van der Waals surface area contributed by atoms with Crippen LogP contribution in [-0.2, 0) is 22.8 Å². The van der Waals surface area contributed by atoms with Crippen molar-refractivity contribution in [1.29, 1.82) is 0 Å². The van der Waals surface area contributed by atoms with Gasteiger partial charge in [0.2, 0.25) is 0 Å². The Morgan fingerprint density at radius 1 is 0.536 bits per heavy atom.